The van der Waals surface area contributed by atoms with Gasteiger partial charge in [0.05, 0.1) is 12.7 Å². The predicted molar refractivity (Wildman–Crippen MR) is 87.6 cm³/mol. The molecule has 0 amide bonds. The van der Waals surface area contributed by atoms with Gasteiger partial charge in [-0.25, -0.2) is 0 Å². The van der Waals surface area contributed by atoms with Gasteiger partial charge in [-0.1, -0.05) is 42.5 Å². The molecule has 0 unspecified atom stereocenters. The lowest BCUT2D eigenvalue weighted by Crippen LogP contribution is -2.67. The molecule has 0 bridgehead atoms. The maximum absolute atomic E-state index is 13.1. The van der Waals surface area contributed by atoms with Crippen molar-refractivity contribution in [3.63, 3.8) is 0 Å². The second-order valence-electron chi connectivity index (χ2n) is 5.88. The minimum Gasteiger partial charge on any atom is -0.496 e. The second-order valence-corrected chi connectivity index (χ2v) is 5.88. The van der Waals surface area contributed by atoms with Crippen LogP contribution in [-0.2, 0) is 10.4 Å². The quantitative estimate of drug-likeness (QED) is 0.817. The Hall–Kier alpha value is -2.83. The van der Waals surface area contributed by atoms with E-state index in [0.717, 1.165) is 6.92 Å². The molecule has 0 heterocycles. The van der Waals surface area contributed by atoms with Gasteiger partial charge in [0.1, 0.15) is 5.75 Å². The van der Waals surface area contributed by atoms with Gasteiger partial charge in [-0.3, -0.25) is 14.4 Å². The zero-order valence-electron chi connectivity index (χ0n) is 13.6. The molecule has 1 aliphatic carbocycles. The van der Waals surface area contributed by atoms with E-state index in [1.807, 2.05) is 0 Å². The first-order valence-corrected chi connectivity index (χ1v) is 7.58. The molecule has 6 heteroatoms. The van der Waals surface area contributed by atoms with E-state index in [-0.39, 0.29) is 22.4 Å². The van der Waals surface area contributed by atoms with E-state index in [0.29, 0.717) is 0 Å². The number of fused-ring (bicyclic) bond motifs is 1. The van der Waals surface area contributed by atoms with E-state index in [1.165, 1.54) is 49.6 Å². The van der Waals surface area contributed by atoms with Crippen LogP contribution < -0.4 is 4.74 Å². The molecule has 6 nitrogen and oxygen atoms in total. The van der Waals surface area contributed by atoms with Crippen molar-refractivity contribution < 1.29 is 29.3 Å². The first kappa shape index (κ1) is 17.0. The van der Waals surface area contributed by atoms with Crippen LogP contribution in [0.1, 0.15) is 33.2 Å². The van der Waals surface area contributed by atoms with Crippen molar-refractivity contribution in [3.05, 3.63) is 65.2 Å². The summed E-state index contributed by atoms with van der Waals surface area (Å²) in [5, 5.41) is 22.2. The third-order valence-electron chi connectivity index (χ3n) is 4.60. The topological polar surface area (TPSA) is 101 Å². The minimum atomic E-state index is -2.95. The summed E-state index contributed by atoms with van der Waals surface area (Å²) in [6, 6.07) is 11.8. The number of carbonyl (C=O) groups excluding carboxylic acids is 3. The summed E-state index contributed by atoms with van der Waals surface area (Å²) in [7, 11) is 1.30. The third kappa shape index (κ3) is 2.01. The average Bonchev–Trinajstić information content (AvgIpc) is 2.64. The summed E-state index contributed by atoms with van der Waals surface area (Å²) in [4.78, 5) is 38.4. The summed E-state index contributed by atoms with van der Waals surface area (Å²) in [5.74, 6) is -3.00. The molecule has 2 N–H and O–H groups in total. The Morgan fingerprint density at radius 2 is 1.60 bits per heavy atom. The Morgan fingerprint density at radius 3 is 2.16 bits per heavy atom. The van der Waals surface area contributed by atoms with Crippen molar-refractivity contribution in [2.24, 2.45) is 0 Å². The standard InChI is InChI=1S/C19H16O6/c1-11(20)18(23)17(22)15-13(9-6-10-14(15)25-2)16(21)19(18,24)12-7-4-3-5-8-12/h3-10,23-24H,1-2H3/t18-,19-/m0/s1. The molecular formula is C19H16O6. The fourth-order valence-electron chi connectivity index (χ4n) is 3.26. The van der Waals surface area contributed by atoms with Gasteiger partial charge in [0.25, 0.3) is 0 Å². The van der Waals surface area contributed by atoms with Gasteiger partial charge in [-0.15, -0.1) is 0 Å². The lowest BCUT2D eigenvalue weighted by atomic mass is 9.63. The number of methoxy groups -OCH3 is 1. The average molecular weight is 340 g/mol. The predicted octanol–water partition coefficient (Wildman–Crippen LogP) is 1.28. The summed E-state index contributed by atoms with van der Waals surface area (Å²) in [6.45, 7) is 0.958. The van der Waals surface area contributed by atoms with Gasteiger partial charge in [0, 0.05) is 5.56 Å². The van der Waals surface area contributed by atoms with Crippen LogP contribution >= 0.6 is 0 Å². The van der Waals surface area contributed by atoms with E-state index in [4.69, 9.17) is 4.74 Å². The number of hydrogen-bond donors (Lipinski definition) is 2. The Balaban J connectivity index is 2.42. The molecular weight excluding hydrogens is 324 g/mol. The van der Waals surface area contributed by atoms with Crippen LogP contribution in [0.3, 0.4) is 0 Å². The summed E-state index contributed by atoms with van der Waals surface area (Å²) in [6.07, 6.45) is 0. The lowest BCUT2D eigenvalue weighted by Gasteiger charge is -2.43. The highest BCUT2D eigenvalue weighted by Crippen LogP contribution is 2.46. The SMILES string of the molecule is COc1cccc2c1C(=O)[C@@](O)(C(C)=O)[C@](O)(c1ccccc1)C2=O. The van der Waals surface area contributed by atoms with E-state index in [9.17, 15) is 24.6 Å². The lowest BCUT2D eigenvalue weighted by molar-refractivity contribution is -0.152. The monoisotopic (exact) mass is 340 g/mol. The number of benzene rings is 2. The van der Waals surface area contributed by atoms with E-state index >= 15 is 0 Å². The third-order valence-corrected chi connectivity index (χ3v) is 4.60. The van der Waals surface area contributed by atoms with Gasteiger partial charge < -0.3 is 14.9 Å². The van der Waals surface area contributed by atoms with Crippen molar-refractivity contribution >= 4 is 17.3 Å². The van der Waals surface area contributed by atoms with Crippen molar-refractivity contribution in [3.8, 4) is 5.75 Å². The molecule has 2 atom stereocenters. The molecule has 1 aliphatic rings. The van der Waals surface area contributed by atoms with Gasteiger partial charge >= 0.3 is 0 Å². The van der Waals surface area contributed by atoms with Crippen molar-refractivity contribution in [2.45, 2.75) is 18.1 Å². The fourth-order valence-corrected chi connectivity index (χ4v) is 3.26. The Morgan fingerprint density at radius 1 is 0.960 bits per heavy atom. The van der Waals surface area contributed by atoms with E-state index in [1.54, 1.807) is 6.07 Å². The highest BCUT2D eigenvalue weighted by molar-refractivity contribution is 6.30. The van der Waals surface area contributed by atoms with Crippen molar-refractivity contribution in [2.75, 3.05) is 7.11 Å². The maximum Gasteiger partial charge on any atom is 0.226 e. The maximum atomic E-state index is 13.1. The molecule has 0 aromatic heterocycles. The largest absolute Gasteiger partial charge is 0.496 e. The molecule has 128 valence electrons. The molecule has 0 radical (unpaired) electrons. The summed E-state index contributed by atoms with van der Waals surface area (Å²) in [5.41, 5.74) is -6.04. The number of ketones is 3. The Labute approximate surface area is 143 Å². The van der Waals surface area contributed by atoms with Crippen molar-refractivity contribution in [1.29, 1.82) is 0 Å². The molecule has 0 spiro atoms. The second kappa shape index (κ2) is 5.61. The molecule has 0 saturated carbocycles. The van der Waals surface area contributed by atoms with Gasteiger partial charge in [0.15, 0.2) is 11.4 Å². The van der Waals surface area contributed by atoms with Crippen molar-refractivity contribution in [1.82, 2.24) is 0 Å². The molecule has 3 rings (SSSR count). The molecule has 2 aromatic rings. The van der Waals surface area contributed by atoms with Gasteiger partial charge in [-0.2, -0.15) is 0 Å². The van der Waals surface area contributed by atoms with Crippen LogP contribution in [0.2, 0.25) is 0 Å². The van der Waals surface area contributed by atoms with E-state index in [2.05, 4.69) is 0 Å². The summed E-state index contributed by atoms with van der Waals surface area (Å²) < 4.78 is 5.10. The molecule has 0 fully saturated rings. The van der Waals surface area contributed by atoms with E-state index < -0.39 is 28.6 Å². The minimum absolute atomic E-state index is 0.0421. The zero-order chi connectivity index (χ0) is 18.4. The zero-order valence-corrected chi connectivity index (χ0v) is 13.6. The number of hydrogen-bond acceptors (Lipinski definition) is 6. The number of aliphatic hydroxyl groups is 2. The number of rotatable bonds is 3. The number of Topliss-reactive ketones (excluding diaryl/α,β-unsaturated/α-hetero) is 3. The molecule has 0 saturated heterocycles. The highest BCUT2D eigenvalue weighted by atomic mass is 16.5. The van der Waals surface area contributed by atoms with Crippen LogP contribution in [0.25, 0.3) is 0 Å². The summed E-state index contributed by atoms with van der Waals surface area (Å²) >= 11 is 0. The van der Waals surface area contributed by atoms with Gasteiger partial charge in [-0.05, 0) is 18.6 Å². The van der Waals surface area contributed by atoms with Crippen LogP contribution in [-0.4, -0.2) is 40.3 Å². The fraction of sp³-hybridized carbons (Fsp3) is 0.211. The van der Waals surface area contributed by atoms with Crippen LogP contribution in [0, 0.1) is 0 Å². The Kier molecular flexibility index (Phi) is 3.82. The first-order valence-electron chi connectivity index (χ1n) is 7.58. The molecule has 25 heavy (non-hydrogen) atoms. The highest BCUT2D eigenvalue weighted by Gasteiger charge is 2.67. The smallest absolute Gasteiger partial charge is 0.226 e. The normalized spacial score (nSPS) is 25.4. The molecule has 0 aliphatic heterocycles. The number of ether oxygens (including phenoxy) is 1. The Bertz CT molecular complexity index is 888. The number of carbonyl (C=O) groups is 3. The van der Waals surface area contributed by atoms with Crippen LogP contribution in [0.4, 0.5) is 0 Å². The molecule has 2 aromatic carbocycles. The van der Waals surface area contributed by atoms with Gasteiger partial charge in [0.2, 0.25) is 17.2 Å². The van der Waals surface area contributed by atoms with Crippen LogP contribution in [0.15, 0.2) is 48.5 Å². The van der Waals surface area contributed by atoms with Crippen LogP contribution in [0.5, 0.6) is 5.75 Å². The first-order chi connectivity index (χ1) is 11.8.